The third-order valence-electron chi connectivity index (χ3n) is 4.77. The van der Waals surface area contributed by atoms with Gasteiger partial charge in [0.15, 0.2) is 11.6 Å². The van der Waals surface area contributed by atoms with Gasteiger partial charge in [-0.25, -0.2) is 4.39 Å². The summed E-state index contributed by atoms with van der Waals surface area (Å²) in [5.74, 6) is 0.628. The summed E-state index contributed by atoms with van der Waals surface area (Å²) in [5.41, 5.74) is 2.50. The van der Waals surface area contributed by atoms with Crippen molar-refractivity contribution < 1.29 is 9.13 Å². The van der Waals surface area contributed by atoms with Crippen LogP contribution in [0.25, 0.3) is 0 Å². The average Bonchev–Trinajstić information content (AvgIpc) is 3.12. The maximum absolute atomic E-state index is 13.8. The van der Waals surface area contributed by atoms with Crippen molar-refractivity contribution in [2.45, 2.75) is 52.6 Å². The molecule has 0 bridgehead atoms. The maximum Gasteiger partial charge on any atom is 0.165 e. The van der Waals surface area contributed by atoms with E-state index in [0.717, 1.165) is 18.7 Å². The molecule has 0 unspecified atom stereocenters. The molecule has 0 fully saturated rings. The van der Waals surface area contributed by atoms with Crippen molar-refractivity contribution in [1.82, 2.24) is 5.32 Å². The fourth-order valence-electron chi connectivity index (χ4n) is 3.17. The molecule has 1 aromatic rings. The van der Waals surface area contributed by atoms with Crippen LogP contribution in [0.3, 0.4) is 0 Å². The highest BCUT2D eigenvalue weighted by Crippen LogP contribution is 2.25. The van der Waals surface area contributed by atoms with E-state index >= 15 is 0 Å². The normalized spacial score (nSPS) is 20.7. The van der Waals surface area contributed by atoms with Crippen molar-refractivity contribution in [3.63, 3.8) is 0 Å². The fraction of sp³-hybridized carbons (Fsp3) is 0.375. The van der Waals surface area contributed by atoms with E-state index in [0.29, 0.717) is 0 Å². The highest BCUT2D eigenvalue weighted by atomic mass is 19.1. The van der Waals surface area contributed by atoms with E-state index in [9.17, 15) is 4.39 Å². The van der Waals surface area contributed by atoms with E-state index in [1.54, 1.807) is 18.2 Å². The van der Waals surface area contributed by atoms with Crippen LogP contribution in [0.5, 0.6) is 5.75 Å². The molecule has 0 saturated heterocycles. The number of hydrogen-bond donors (Lipinski definition) is 1. The fourth-order valence-corrected chi connectivity index (χ4v) is 3.17. The Morgan fingerprint density at radius 1 is 1.18 bits per heavy atom. The molecule has 2 atom stereocenters. The Hall–Kier alpha value is -2.62. The van der Waals surface area contributed by atoms with Gasteiger partial charge in [0.25, 0.3) is 0 Å². The van der Waals surface area contributed by atoms with Crippen LogP contribution >= 0.6 is 0 Å². The second-order valence-electron chi connectivity index (χ2n) is 6.75. The molecule has 1 heterocycles. The number of nitrogens with zero attached hydrogens (tertiary/aromatic N) is 1. The van der Waals surface area contributed by atoms with Crippen LogP contribution in [0.1, 0.15) is 40.5 Å². The molecule has 0 spiro atoms. The quantitative estimate of drug-likeness (QED) is 0.550. The first-order valence-electron chi connectivity index (χ1n) is 9.85. The van der Waals surface area contributed by atoms with Crippen molar-refractivity contribution >= 4 is 5.84 Å². The molecule has 28 heavy (non-hydrogen) atoms. The molecule has 0 aromatic heterocycles. The summed E-state index contributed by atoms with van der Waals surface area (Å²) in [7, 11) is 0. The van der Waals surface area contributed by atoms with Gasteiger partial charge in [-0.2, -0.15) is 0 Å². The predicted octanol–water partition coefficient (Wildman–Crippen LogP) is 5.77. The summed E-state index contributed by atoms with van der Waals surface area (Å²) >= 11 is 0. The van der Waals surface area contributed by atoms with E-state index < -0.39 is 0 Å². The lowest BCUT2D eigenvalue weighted by Crippen LogP contribution is -2.38. The van der Waals surface area contributed by atoms with Crippen LogP contribution in [0.2, 0.25) is 0 Å². The number of allylic oxidation sites excluding steroid dienone is 6. The lowest BCUT2D eigenvalue weighted by Gasteiger charge is -2.22. The van der Waals surface area contributed by atoms with Gasteiger partial charge in [-0.3, -0.25) is 4.99 Å². The molecule has 150 valence electrons. The summed E-state index contributed by atoms with van der Waals surface area (Å²) in [6.45, 7) is 8.45. The van der Waals surface area contributed by atoms with E-state index in [-0.39, 0.29) is 30.3 Å². The van der Waals surface area contributed by atoms with Crippen molar-refractivity contribution in [1.29, 1.82) is 0 Å². The van der Waals surface area contributed by atoms with Crippen molar-refractivity contribution in [3.8, 4) is 5.75 Å². The SMILES string of the molecule is C/C=C\C/C=C(\C)[C@H]1N=C(COc2ccccc2F)N[C@H]1/C(=C/C)C/C=C\C. The largest absolute Gasteiger partial charge is 0.483 e. The van der Waals surface area contributed by atoms with Gasteiger partial charge < -0.3 is 10.1 Å². The number of benzene rings is 1. The number of amidine groups is 1. The van der Waals surface area contributed by atoms with Crippen LogP contribution in [-0.2, 0) is 0 Å². The highest BCUT2D eigenvalue weighted by Gasteiger charge is 2.31. The monoisotopic (exact) mass is 382 g/mol. The number of ether oxygens (including phenoxy) is 1. The van der Waals surface area contributed by atoms with Crippen LogP contribution in [-0.4, -0.2) is 24.5 Å². The lowest BCUT2D eigenvalue weighted by atomic mass is 9.92. The van der Waals surface area contributed by atoms with E-state index in [4.69, 9.17) is 9.73 Å². The third-order valence-corrected chi connectivity index (χ3v) is 4.77. The molecule has 2 rings (SSSR count). The van der Waals surface area contributed by atoms with Gasteiger partial charge >= 0.3 is 0 Å². The first-order valence-corrected chi connectivity index (χ1v) is 9.85. The summed E-state index contributed by atoms with van der Waals surface area (Å²) in [5, 5.41) is 3.50. The van der Waals surface area contributed by atoms with Gasteiger partial charge in [0.2, 0.25) is 0 Å². The molecule has 3 nitrogen and oxygen atoms in total. The Morgan fingerprint density at radius 3 is 2.61 bits per heavy atom. The molecular formula is C24H31FN2O. The van der Waals surface area contributed by atoms with Gasteiger partial charge in [-0.05, 0) is 58.2 Å². The molecule has 0 radical (unpaired) electrons. The Kier molecular flexibility index (Phi) is 8.73. The van der Waals surface area contributed by atoms with Gasteiger partial charge in [-0.1, -0.05) is 54.2 Å². The van der Waals surface area contributed by atoms with Gasteiger partial charge in [0.1, 0.15) is 12.4 Å². The van der Waals surface area contributed by atoms with Crippen LogP contribution < -0.4 is 10.1 Å². The average molecular weight is 383 g/mol. The molecule has 1 N–H and O–H groups in total. The van der Waals surface area contributed by atoms with Crippen molar-refractivity contribution in [2.24, 2.45) is 4.99 Å². The Morgan fingerprint density at radius 2 is 1.93 bits per heavy atom. The molecule has 1 aliphatic heterocycles. The Balaban J connectivity index is 2.18. The standard InChI is InChI=1S/C24H31FN2O/c1-5-8-10-13-18(4)23-24(19(7-3)14-9-6-2)27-22(26-23)17-28-21-16-12-11-15-20(21)25/h5-9,11-13,15-16,23-24H,10,14,17H2,1-4H3,(H,26,27)/b8-5-,9-6-,18-13+,19-7+/t23-,24+/m1/s1. The second kappa shape index (κ2) is 11.3. The molecule has 4 heteroatoms. The van der Waals surface area contributed by atoms with Gasteiger partial charge in [0.05, 0.1) is 12.1 Å². The molecule has 0 saturated carbocycles. The number of halogens is 1. The lowest BCUT2D eigenvalue weighted by molar-refractivity contribution is 0.350. The summed E-state index contributed by atoms with van der Waals surface area (Å²) in [6, 6.07) is 6.54. The molecule has 0 aliphatic carbocycles. The summed E-state index contributed by atoms with van der Waals surface area (Å²) in [4.78, 5) is 4.87. The minimum atomic E-state index is -0.362. The van der Waals surface area contributed by atoms with E-state index in [1.807, 2.05) is 13.8 Å². The number of rotatable bonds is 9. The highest BCUT2D eigenvalue weighted by molar-refractivity contribution is 5.87. The maximum atomic E-state index is 13.8. The predicted molar refractivity (Wildman–Crippen MR) is 116 cm³/mol. The summed E-state index contributed by atoms with van der Waals surface area (Å²) in [6.07, 6.45) is 14.5. The van der Waals surface area contributed by atoms with Crippen LogP contribution in [0.15, 0.2) is 76.9 Å². The molecule has 0 amide bonds. The number of nitrogens with one attached hydrogen (secondary N) is 1. The van der Waals surface area contributed by atoms with Crippen LogP contribution in [0, 0.1) is 5.82 Å². The Bertz CT molecular complexity index is 790. The minimum Gasteiger partial charge on any atom is -0.483 e. The molecule has 1 aromatic carbocycles. The Labute approximate surface area is 168 Å². The first-order chi connectivity index (χ1) is 13.6. The number of hydrogen-bond acceptors (Lipinski definition) is 3. The third kappa shape index (κ3) is 5.95. The van der Waals surface area contributed by atoms with E-state index in [1.165, 1.54) is 17.2 Å². The van der Waals surface area contributed by atoms with Gasteiger partial charge in [-0.15, -0.1) is 0 Å². The molecule has 1 aliphatic rings. The van der Waals surface area contributed by atoms with Gasteiger partial charge in [0, 0.05) is 0 Å². The number of aliphatic imine (C=N–C) groups is 1. The zero-order valence-corrected chi connectivity index (χ0v) is 17.3. The smallest absolute Gasteiger partial charge is 0.165 e. The number of para-hydroxylation sites is 1. The van der Waals surface area contributed by atoms with Crippen molar-refractivity contribution in [2.75, 3.05) is 6.61 Å². The zero-order chi connectivity index (χ0) is 20.4. The zero-order valence-electron chi connectivity index (χ0n) is 17.3. The minimum absolute atomic E-state index is 0.0148. The van der Waals surface area contributed by atoms with Crippen LogP contribution in [0.4, 0.5) is 4.39 Å². The summed E-state index contributed by atoms with van der Waals surface area (Å²) < 4.78 is 19.5. The first kappa shape index (κ1) is 21.7. The topological polar surface area (TPSA) is 33.6 Å². The molecular weight excluding hydrogens is 351 g/mol. The van der Waals surface area contributed by atoms with Crippen molar-refractivity contribution in [3.05, 3.63) is 77.7 Å². The van der Waals surface area contributed by atoms with E-state index in [2.05, 4.69) is 55.6 Å². The second-order valence-corrected chi connectivity index (χ2v) is 6.75.